The first-order valence-electron chi connectivity index (χ1n) is 35.5. The number of nitrogens with zero attached hydrogens (tertiary/aromatic N) is 4. The number of aromatic hydroxyl groups is 2. The number of methoxy groups -OCH3 is 2. The monoisotopic (exact) mass is 1470 g/mol. The average Bonchev–Trinajstić information content (AvgIpc) is 0.796. The zero-order chi connectivity index (χ0) is 77.3. The van der Waals surface area contributed by atoms with E-state index in [1.807, 2.05) is 156 Å². The van der Waals surface area contributed by atoms with Crippen LogP contribution in [0.3, 0.4) is 0 Å². The first-order valence-corrected chi connectivity index (χ1v) is 35.5. The number of carbonyl (C=O) groups is 8. The second kappa shape index (κ2) is 40.7. The van der Waals surface area contributed by atoms with Crippen LogP contribution in [0.1, 0.15) is 161 Å². The van der Waals surface area contributed by atoms with Gasteiger partial charge in [0.2, 0.25) is 11.8 Å². The van der Waals surface area contributed by atoms with Gasteiger partial charge in [0.1, 0.15) is 52.8 Å². The number of carboxylic acid groups (broad SMARTS) is 1. The van der Waals surface area contributed by atoms with E-state index in [1.54, 1.807) is 85.1 Å². The van der Waals surface area contributed by atoms with E-state index in [1.165, 1.54) is 24.0 Å². The molecule has 6 aromatic carbocycles. The number of benzene rings is 6. The molecule has 6 atom stereocenters. The molecule has 0 aliphatic heterocycles. The molecule has 8 rings (SSSR count). The van der Waals surface area contributed by atoms with Gasteiger partial charge in [0, 0.05) is 67.0 Å². The molecular formula is C83H104ClN7O15. The fraction of sp³-hybridized carbons (Fsp3) is 0.398. The zero-order valence-corrected chi connectivity index (χ0v) is 64.1. The van der Waals surface area contributed by atoms with Crippen molar-refractivity contribution in [3.8, 4) is 33.8 Å². The van der Waals surface area contributed by atoms with Gasteiger partial charge in [-0.15, -0.1) is 0 Å². The number of carbonyl (C=O) groups excluding carboxylic acids is 7. The second-order valence-corrected chi connectivity index (χ2v) is 28.3. The Morgan fingerprint density at radius 3 is 1.29 bits per heavy atom. The van der Waals surface area contributed by atoms with Gasteiger partial charge in [-0.05, 0) is 166 Å². The lowest BCUT2D eigenvalue weighted by molar-refractivity contribution is -0.425. The summed E-state index contributed by atoms with van der Waals surface area (Å²) in [5.74, 6) is -2.03. The molecule has 8 N–H and O–H groups in total. The van der Waals surface area contributed by atoms with Crippen molar-refractivity contribution in [3.63, 3.8) is 0 Å². The molecular weight excluding hydrogens is 1370 g/mol. The van der Waals surface area contributed by atoms with Crippen LogP contribution in [0.2, 0.25) is 0 Å². The van der Waals surface area contributed by atoms with Gasteiger partial charge >= 0.3 is 30.1 Å². The normalized spacial score (nSPS) is 12.8. The molecule has 2 heterocycles. The van der Waals surface area contributed by atoms with Gasteiger partial charge in [-0.2, -0.15) is 0 Å². The number of hydrogen-bond acceptors (Lipinski definition) is 16. The van der Waals surface area contributed by atoms with Crippen molar-refractivity contribution in [3.05, 3.63) is 180 Å². The molecule has 0 spiro atoms. The Labute approximate surface area is 628 Å². The SMILES string of the molecule is CC[C@H](C)[C@H](NC(=O)CCCN(C(=O)OC(C)(C)C)c1cc(C)ccn1)C(=O)C[C@@H](CC(=O)OC)c1ccc(-c2ccc(O)c3ccccc23)cc1.CC[C@H](C)[C@H](NC(=O)CCCN(C(=O)OC(C)(C)C)c1cc(C)ccn1)C(=O)O.COC(=O)C[C@H]([NH3+])c1ccc(-c2ccc(O)c3ccccc23)cc1.[Cl-]. The van der Waals surface area contributed by atoms with Crippen LogP contribution in [0.5, 0.6) is 11.5 Å². The van der Waals surface area contributed by atoms with Gasteiger partial charge in [-0.3, -0.25) is 33.8 Å². The Morgan fingerprint density at radius 2 is 0.906 bits per heavy atom. The quantitative estimate of drug-likeness (QED) is 0.0196. The molecule has 568 valence electrons. The molecule has 23 heteroatoms. The van der Waals surface area contributed by atoms with Crippen LogP contribution < -0.4 is 38.6 Å². The summed E-state index contributed by atoms with van der Waals surface area (Å²) in [4.78, 5) is 112. The molecule has 0 fully saturated rings. The van der Waals surface area contributed by atoms with E-state index in [9.17, 15) is 53.7 Å². The summed E-state index contributed by atoms with van der Waals surface area (Å²) in [5.41, 5.74) is 10.3. The fourth-order valence-electron chi connectivity index (χ4n) is 11.6. The highest BCUT2D eigenvalue weighted by atomic mass is 35.5. The number of pyridine rings is 2. The summed E-state index contributed by atoms with van der Waals surface area (Å²) in [6, 6.07) is 43.7. The molecule has 22 nitrogen and oxygen atoms in total. The first-order chi connectivity index (χ1) is 49.7. The smallest absolute Gasteiger partial charge is 0.416 e. The maximum absolute atomic E-state index is 14.0. The molecule has 0 radical (unpaired) electrons. The molecule has 0 saturated carbocycles. The summed E-state index contributed by atoms with van der Waals surface area (Å²) in [6.07, 6.45) is 4.53. The van der Waals surface area contributed by atoms with E-state index in [0.29, 0.717) is 37.3 Å². The number of aliphatic carboxylic acids is 1. The van der Waals surface area contributed by atoms with Crippen LogP contribution in [0.4, 0.5) is 21.2 Å². The summed E-state index contributed by atoms with van der Waals surface area (Å²) in [7, 11) is 2.70. The lowest BCUT2D eigenvalue weighted by Crippen LogP contribution is -3.00. The van der Waals surface area contributed by atoms with Crippen molar-refractivity contribution >= 4 is 80.9 Å². The Hall–Kier alpha value is -10.5. The standard InChI is InChI=1S/C42H51N3O7.C21H33N3O5.C20H19NO3.ClH/c1-8-28(3)40(44-38(48)14-11-23-45(41(50)52-42(4,5)6)37-24-27(2)21-22-43-37)36(47)25-31(26-39(49)51-7)29-15-17-30(18-16-29)32-19-20-35(46)34-13-10-9-12-33(32)34;1-7-15(3)18(19(26)27)23-17(25)9-8-12-24(20(28)29-21(4,5)6)16-13-14(2)10-11-22-16;1-24-20(23)12-18(21)14-8-6-13(7-9-14)15-10-11-19(22)17-5-3-2-4-16(15)17;/h9-10,12-13,15-22,24,28,31,40,46H,8,11,14,23,25-26H2,1-7H3,(H,44,48);10-11,13,15,18H,7-9,12H2,1-6H3,(H,23,25)(H,26,27);2-11,18,22H,12,21H2,1H3;1H/t28-,31-,40-;15-,18-;18-;/m000./s1. The number of aromatic nitrogens is 2. The maximum Gasteiger partial charge on any atom is 0.416 e. The number of hydrogen-bond donors (Lipinski definition) is 6. The minimum Gasteiger partial charge on any atom is -1.00 e. The number of aryl methyl sites for hydroxylation is 2. The van der Waals surface area contributed by atoms with E-state index in [4.69, 9.17) is 18.9 Å². The molecule has 0 aliphatic carbocycles. The van der Waals surface area contributed by atoms with Gasteiger partial charge in [-0.25, -0.2) is 24.4 Å². The van der Waals surface area contributed by atoms with E-state index in [0.717, 1.165) is 66.1 Å². The Balaban J connectivity index is 0.000000314. The lowest BCUT2D eigenvalue weighted by atomic mass is 9.84. The molecule has 8 aromatic rings. The highest BCUT2D eigenvalue weighted by Gasteiger charge is 2.32. The molecule has 0 unspecified atom stereocenters. The van der Waals surface area contributed by atoms with Crippen molar-refractivity contribution in [1.29, 1.82) is 0 Å². The molecule has 2 aromatic heterocycles. The number of ether oxygens (including phenoxy) is 4. The molecule has 0 saturated heterocycles. The van der Waals surface area contributed by atoms with Gasteiger partial charge in [0.15, 0.2) is 5.78 Å². The van der Waals surface area contributed by atoms with Crippen LogP contribution in [0.25, 0.3) is 43.8 Å². The number of nitrogens with one attached hydrogen (secondary N) is 2. The first kappa shape index (κ1) is 86.2. The third-order valence-corrected chi connectivity index (χ3v) is 17.7. The second-order valence-electron chi connectivity index (χ2n) is 28.3. The lowest BCUT2D eigenvalue weighted by Gasteiger charge is -2.27. The molecule has 0 bridgehead atoms. The van der Waals surface area contributed by atoms with Gasteiger partial charge < -0.3 is 63.0 Å². The van der Waals surface area contributed by atoms with Crippen molar-refractivity contribution in [2.45, 2.75) is 176 Å². The number of rotatable bonds is 28. The maximum atomic E-state index is 14.0. The predicted octanol–water partition coefficient (Wildman–Crippen LogP) is 11.9. The number of quaternary nitrogens is 1. The van der Waals surface area contributed by atoms with E-state index in [-0.39, 0.29) is 111 Å². The van der Waals surface area contributed by atoms with Gasteiger partial charge in [0.05, 0.1) is 26.7 Å². The number of fused-ring (bicyclic) bond motifs is 2. The number of Topliss-reactive ketones (excluding diaryl/α,β-unsaturated/α-hetero) is 1. The summed E-state index contributed by atoms with van der Waals surface area (Å²) in [5, 5.41) is 38.7. The third-order valence-electron chi connectivity index (χ3n) is 17.7. The number of anilines is 2. The number of carboxylic acids is 1. The minimum atomic E-state index is -1.05. The molecule has 4 amide bonds. The molecule has 106 heavy (non-hydrogen) atoms. The van der Waals surface area contributed by atoms with E-state index >= 15 is 0 Å². The summed E-state index contributed by atoms with van der Waals surface area (Å²) in [6.45, 7) is 22.5. The largest absolute Gasteiger partial charge is 1.00 e. The van der Waals surface area contributed by atoms with Crippen molar-refractivity contribution in [2.75, 3.05) is 37.1 Å². The predicted molar refractivity (Wildman–Crippen MR) is 407 cm³/mol. The highest BCUT2D eigenvalue weighted by Crippen LogP contribution is 2.37. The Morgan fingerprint density at radius 1 is 0.519 bits per heavy atom. The Bertz CT molecular complexity index is 4270. The minimum absolute atomic E-state index is 0. The number of halogens is 1. The molecule has 0 aliphatic rings. The van der Waals surface area contributed by atoms with Crippen LogP contribution >= 0.6 is 0 Å². The fourth-order valence-corrected chi connectivity index (χ4v) is 11.6. The number of amides is 4. The summed E-state index contributed by atoms with van der Waals surface area (Å²) < 4.78 is 20.8. The van der Waals surface area contributed by atoms with Crippen molar-refractivity contribution in [2.24, 2.45) is 11.8 Å². The number of phenolic OH excluding ortho intramolecular Hbond substituents is 2. The Kier molecular flexibility index (Phi) is 33.1. The number of esters is 2. The van der Waals surface area contributed by atoms with Gasteiger partial charge in [-0.1, -0.05) is 150 Å². The number of phenols is 2. The van der Waals surface area contributed by atoms with Crippen LogP contribution in [-0.4, -0.2) is 124 Å². The van der Waals surface area contributed by atoms with Gasteiger partial charge in [0.25, 0.3) is 0 Å². The summed E-state index contributed by atoms with van der Waals surface area (Å²) >= 11 is 0. The topological polar surface area (TPSA) is 318 Å². The van der Waals surface area contributed by atoms with Crippen LogP contribution in [0.15, 0.2) is 158 Å². The number of ketones is 1. The van der Waals surface area contributed by atoms with E-state index in [2.05, 4.69) is 26.3 Å². The zero-order valence-electron chi connectivity index (χ0n) is 63.4. The average molecular weight is 1480 g/mol. The van der Waals surface area contributed by atoms with Crippen LogP contribution in [0, 0.1) is 25.7 Å². The van der Waals surface area contributed by atoms with E-state index < -0.39 is 53.3 Å². The van der Waals surface area contributed by atoms with Crippen LogP contribution in [-0.2, 0) is 47.7 Å². The third kappa shape index (κ3) is 26.0. The van der Waals surface area contributed by atoms with Crippen molar-refractivity contribution < 1.29 is 90.8 Å². The highest BCUT2D eigenvalue weighted by molar-refractivity contribution is 6.01. The van der Waals surface area contributed by atoms with Crippen molar-refractivity contribution in [1.82, 2.24) is 20.6 Å².